The fraction of sp³-hybridized carbons (Fsp3) is 0.391. The van der Waals surface area contributed by atoms with Gasteiger partial charge in [0, 0.05) is 25.4 Å². The van der Waals surface area contributed by atoms with E-state index >= 15 is 0 Å². The van der Waals surface area contributed by atoms with E-state index in [9.17, 15) is 35.9 Å². The summed E-state index contributed by atoms with van der Waals surface area (Å²) in [5, 5.41) is 11.9. The smallest absolute Gasteiger partial charge is 0.416 e. The van der Waals surface area contributed by atoms with Crippen LogP contribution < -0.4 is 5.32 Å². The highest BCUT2D eigenvalue weighted by molar-refractivity contribution is 5.83. The molecule has 0 aromatic heterocycles. The van der Waals surface area contributed by atoms with E-state index in [1.165, 1.54) is 6.07 Å². The van der Waals surface area contributed by atoms with Gasteiger partial charge in [-0.25, -0.2) is 0 Å². The van der Waals surface area contributed by atoms with Gasteiger partial charge in [-0.1, -0.05) is 12.1 Å². The van der Waals surface area contributed by atoms with Crippen molar-refractivity contribution >= 4 is 11.8 Å². The van der Waals surface area contributed by atoms with Crippen LogP contribution in [0.2, 0.25) is 0 Å². The molecule has 0 bridgehead atoms. The molecule has 33 heavy (non-hydrogen) atoms. The molecule has 2 N–H and O–H groups in total. The van der Waals surface area contributed by atoms with Gasteiger partial charge in [0.05, 0.1) is 17.5 Å². The van der Waals surface area contributed by atoms with Crippen molar-refractivity contribution in [3.63, 3.8) is 0 Å². The Hall–Kier alpha value is -2.88. The number of ketones is 1. The minimum atomic E-state index is -4.77. The maximum Gasteiger partial charge on any atom is 0.416 e. The quantitative estimate of drug-likeness (QED) is 0.374. The highest BCUT2D eigenvalue weighted by Crippen LogP contribution is 2.37. The van der Waals surface area contributed by atoms with Crippen LogP contribution in [0.3, 0.4) is 0 Å². The molecule has 0 heterocycles. The highest BCUT2D eigenvalue weighted by atomic mass is 19.4. The largest absolute Gasteiger partial charge is 0.481 e. The topological polar surface area (TPSA) is 66.4 Å². The fourth-order valence-electron chi connectivity index (χ4n) is 3.53. The molecule has 0 radical (unpaired) electrons. The first-order valence-electron chi connectivity index (χ1n) is 10.2. The zero-order chi connectivity index (χ0) is 24.4. The number of carbonyl (C=O) groups excluding carboxylic acids is 1. The van der Waals surface area contributed by atoms with Crippen molar-refractivity contribution in [1.82, 2.24) is 5.32 Å². The molecule has 3 rings (SSSR count). The maximum absolute atomic E-state index is 13.4. The minimum absolute atomic E-state index is 0.0411. The van der Waals surface area contributed by atoms with E-state index in [0.29, 0.717) is 6.07 Å². The third-order valence-electron chi connectivity index (χ3n) is 5.32. The first-order valence-corrected chi connectivity index (χ1v) is 10.2. The zero-order valence-corrected chi connectivity index (χ0v) is 17.3. The summed E-state index contributed by atoms with van der Waals surface area (Å²) in [5.74, 6) is -1.22. The Morgan fingerprint density at radius 1 is 0.939 bits per heavy atom. The van der Waals surface area contributed by atoms with E-state index in [4.69, 9.17) is 5.11 Å². The van der Waals surface area contributed by atoms with Gasteiger partial charge in [0.25, 0.3) is 0 Å². The Morgan fingerprint density at radius 3 is 2.18 bits per heavy atom. The van der Waals surface area contributed by atoms with Gasteiger partial charge in [-0.15, -0.1) is 0 Å². The van der Waals surface area contributed by atoms with E-state index in [1.807, 2.05) is 0 Å². The van der Waals surface area contributed by atoms with Crippen LogP contribution in [0.4, 0.5) is 26.3 Å². The van der Waals surface area contributed by atoms with E-state index in [2.05, 4.69) is 5.32 Å². The molecule has 0 amide bonds. The Morgan fingerprint density at radius 2 is 1.61 bits per heavy atom. The minimum Gasteiger partial charge on any atom is -0.481 e. The number of carbonyl (C=O) groups is 2. The SMILES string of the molecule is O=C(O)Cc1cc(-c2ccc(C(F)(F)F)cc2CNCCC(=O)C2CC2)cc(C(F)(F)F)c1. The third-order valence-corrected chi connectivity index (χ3v) is 5.32. The summed E-state index contributed by atoms with van der Waals surface area (Å²) >= 11 is 0. The Bertz CT molecular complexity index is 1040. The van der Waals surface area contributed by atoms with Crippen LogP contribution >= 0.6 is 0 Å². The first kappa shape index (κ1) is 24.8. The molecule has 178 valence electrons. The van der Waals surface area contributed by atoms with E-state index in [0.717, 1.165) is 37.1 Å². The number of aliphatic carboxylic acids is 1. The van der Waals surface area contributed by atoms with Crippen LogP contribution in [-0.4, -0.2) is 23.4 Å². The number of benzene rings is 2. The number of hydrogen-bond acceptors (Lipinski definition) is 3. The van der Waals surface area contributed by atoms with Gasteiger partial charge in [-0.05, 0) is 59.4 Å². The number of hydrogen-bond donors (Lipinski definition) is 2. The molecule has 0 spiro atoms. The molecule has 1 saturated carbocycles. The average molecular weight is 473 g/mol. The number of carboxylic acid groups (broad SMARTS) is 1. The predicted octanol–water partition coefficient (Wildman–Crippen LogP) is 5.48. The molecule has 4 nitrogen and oxygen atoms in total. The second-order valence-corrected chi connectivity index (χ2v) is 8.02. The molecule has 1 aliphatic rings. The molecule has 1 aliphatic carbocycles. The lowest BCUT2D eigenvalue weighted by atomic mass is 9.93. The van der Waals surface area contributed by atoms with E-state index in [-0.39, 0.29) is 53.5 Å². The number of carboxylic acids is 1. The predicted molar refractivity (Wildman–Crippen MR) is 107 cm³/mol. The van der Waals surface area contributed by atoms with Gasteiger partial charge in [-0.3, -0.25) is 9.59 Å². The van der Waals surface area contributed by atoms with Crippen molar-refractivity contribution in [3.05, 3.63) is 58.7 Å². The van der Waals surface area contributed by atoms with E-state index < -0.39 is 35.9 Å². The van der Waals surface area contributed by atoms with Crippen molar-refractivity contribution in [1.29, 1.82) is 0 Å². The second-order valence-electron chi connectivity index (χ2n) is 8.02. The summed E-state index contributed by atoms with van der Waals surface area (Å²) in [6, 6.07) is 5.42. The van der Waals surface area contributed by atoms with Gasteiger partial charge in [0.15, 0.2) is 0 Å². The maximum atomic E-state index is 13.4. The molecular formula is C23H21F6NO3. The molecule has 0 unspecified atom stereocenters. The van der Waals surface area contributed by atoms with Gasteiger partial charge in [0.1, 0.15) is 5.78 Å². The van der Waals surface area contributed by atoms with Crippen LogP contribution in [0, 0.1) is 5.92 Å². The summed E-state index contributed by atoms with van der Waals surface area (Å²) in [6.45, 7) is 0.111. The van der Waals surface area contributed by atoms with Crippen LogP contribution in [-0.2, 0) is 34.9 Å². The molecule has 0 saturated heterocycles. The Kier molecular flexibility index (Phi) is 7.16. The number of halogens is 6. The van der Waals surface area contributed by atoms with Crippen molar-refractivity contribution in [3.8, 4) is 11.1 Å². The van der Waals surface area contributed by atoms with Crippen molar-refractivity contribution in [2.24, 2.45) is 5.92 Å². The lowest BCUT2D eigenvalue weighted by Crippen LogP contribution is -2.19. The zero-order valence-electron chi connectivity index (χ0n) is 17.3. The summed E-state index contributed by atoms with van der Waals surface area (Å²) in [7, 11) is 0. The van der Waals surface area contributed by atoms with Crippen molar-refractivity contribution in [2.75, 3.05) is 6.54 Å². The summed E-state index contributed by atoms with van der Waals surface area (Å²) in [5.41, 5.74) is -2.02. The van der Waals surface area contributed by atoms with E-state index in [1.54, 1.807) is 0 Å². The van der Waals surface area contributed by atoms with Crippen molar-refractivity contribution < 1.29 is 41.0 Å². The Labute approximate surface area is 185 Å². The highest BCUT2D eigenvalue weighted by Gasteiger charge is 2.33. The van der Waals surface area contributed by atoms with Crippen LogP contribution in [0.1, 0.15) is 41.5 Å². The normalized spacial score (nSPS) is 14.4. The van der Waals surface area contributed by atoms with Gasteiger partial charge < -0.3 is 10.4 Å². The monoisotopic (exact) mass is 473 g/mol. The molecule has 0 aliphatic heterocycles. The van der Waals surface area contributed by atoms with Crippen molar-refractivity contribution in [2.45, 2.75) is 44.6 Å². The molecule has 2 aromatic carbocycles. The average Bonchev–Trinajstić information content (AvgIpc) is 3.54. The summed E-state index contributed by atoms with van der Waals surface area (Å²) in [6.07, 6.45) is -8.20. The standard InChI is InChI=1S/C23H21F6NO3/c24-22(25,26)17-3-4-19(16(11-17)12-30-6-5-20(31)14-1-2-14)15-7-13(9-21(32)33)8-18(10-15)23(27,28)29/h3-4,7-8,10-11,14,30H,1-2,5-6,9,12H2,(H,32,33). The van der Waals surface area contributed by atoms with Crippen LogP contribution in [0.25, 0.3) is 11.1 Å². The molecule has 10 heteroatoms. The second kappa shape index (κ2) is 9.54. The molecule has 1 fully saturated rings. The first-order chi connectivity index (χ1) is 15.3. The fourth-order valence-corrected chi connectivity index (χ4v) is 3.53. The number of nitrogens with one attached hydrogen (secondary N) is 1. The molecule has 2 aromatic rings. The third kappa shape index (κ3) is 6.80. The summed E-state index contributed by atoms with van der Waals surface area (Å²) < 4.78 is 79.9. The van der Waals surface area contributed by atoms with Crippen LogP contribution in [0.15, 0.2) is 36.4 Å². The number of Topliss-reactive ketones (excluding diaryl/α,β-unsaturated/α-hetero) is 1. The van der Waals surface area contributed by atoms with Gasteiger partial charge >= 0.3 is 18.3 Å². The lowest BCUT2D eigenvalue weighted by Gasteiger charge is -2.17. The number of alkyl halides is 6. The summed E-state index contributed by atoms with van der Waals surface area (Å²) in [4.78, 5) is 22.8. The Balaban J connectivity index is 1.95. The van der Waals surface area contributed by atoms with Crippen LogP contribution in [0.5, 0.6) is 0 Å². The van der Waals surface area contributed by atoms with Gasteiger partial charge in [0.2, 0.25) is 0 Å². The molecule has 0 atom stereocenters. The lowest BCUT2D eigenvalue weighted by molar-refractivity contribution is -0.138. The number of rotatable bonds is 9. The molecular weight excluding hydrogens is 452 g/mol. The van der Waals surface area contributed by atoms with Gasteiger partial charge in [-0.2, -0.15) is 26.3 Å².